The summed E-state index contributed by atoms with van der Waals surface area (Å²) < 4.78 is 31.7. The van der Waals surface area contributed by atoms with Crippen LogP contribution in [0.4, 0.5) is 13.2 Å². The minimum Gasteiger partial charge on any atom is -0.481 e. The molecule has 0 aliphatic rings. The molecule has 0 spiro atoms. The zero-order valence-electron chi connectivity index (χ0n) is 24.8. The van der Waals surface area contributed by atoms with Crippen LogP contribution < -0.4 is 33.2 Å². The van der Waals surface area contributed by atoms with Crippen LogP contribution in [0.5, 0.6) is 0 Å². The molecule has 0 bridgehead atoms. The highest BCUT2D eigenvalue weighted by Gasteiger charge is 2.38. The van der Waals surface area contributed by atoms with Gasteiger partial charge in [0.2, 0.25) is 17.7 Å². The third kappa shape index (κ3) is 15.2. The van der Waals surface area contributed by atoms with Gasteiger partial charge < -0.3 is 43.4 Å². The fourth-order valence-electron chi connectivity index (χ4n) is 3.90. The molecule has 3 amide bonds. The third-order valence-electron chi connectivity index (χ3n) is 6.28. The van der Waals surface area contributed by atoms with Gasteiger partial charge in [-0.2, -0.15) is 13.2 Å². The molecule has 3 atom stereocenters. The lowest BCUT2D eigenvalue weighted by atomic mass is 9.91. The van der Waals surface area contributed by atoms with Crippen LogP contribution >= 0.6 is 0 Å². The van der Waals surface area contributed by atoms with Crippen molar-refractivity contribution in [1.29, 1.82) is 10.8 Å². The number of alkyl halides is 3. The van der Waals surface area contributed by atoms with Crippen LogP contribution in [0, 0.1) is 10.8 Å². The van der Waals surface area contributed by atoms with E-state index in [2.05, 4.69) is 20.9 Å². The van der Waals surface area contributed by atoms with E-state index in [1.807, 2.05) is 0 Å². The van der Waals surface area contributed by atoms with E-state index < -0.39 is 60.3 Å². The van der Waals surface area contributed by atoms with Gasteiger partial charge in [0.15, 0.2) is 5.96 Å². The molecule has 19 heteroatoms. The van der Waals surface area contributed by atoms with Crippen molar-refractivity contribution in [3.05, 3.63) is 65.5 Å². The number of hydrogen-bond acceptors (Lipinski definition) is 8. The Kier molecular flexibility index (Phi) is 15.8. The van der Waals surface area contributed by atoms with Gasteiger partial charge in [-0.15, -0.1) is 0 Å². The number of nitrogens with two attached hydrogens (primary N) is 3. The van der Waals surface area contributed by atoms with Gasteiger partial charge in [-0.05, 0) is 42.9 Å². The number of guanidine groups is 1. The summed E-state index contributed by atoms with van der Waals surface area (Å²) in [6, 6.07) is 7.83. The van der Waals surface area contributed by atoms with Crippen molar-refractivity contribution in [2.75, 3.05) is 6.54 Å². The van der Waals surface area contributed by atoms with Crippen LogP contribution in [0.2, 0.25) is 0 Å². The normalized spacial score (nSPS) is 12.6. The molecule has 1 aromatic heterocycles. The Balaban J connectivity index is 0.00000141. The van der Waals surface area contributed by atoms with Gasteiger partial charge >= 0.3 is 18.1 Å². The molecule has 0 fully saturated rings. The largest absolute Gasteiger partial charge is 0.490 e. The second kappa shape index (κ2) is 18.9. The average Bonchev–Trinajstić information content (AvgIpc) is 2.99. The number of carbonyl (C=O) groups excluding carboxylic acids is 3. The molecule has 2 unspecified atom stereocenters. The Labute approximate surface area is 266 Å². The van der Waals surface area contributed by atoms with E-state index in [1.165, 1.54) is 6.20 Å². The molecule has 0 aliphatic heterocycles. The Morgan fingerprint density at radius 1 is 0.894 bits per heavy atom. The molecule has 0 aliphatic carbocycles. The highest BCUT2D eigenvalue weighted by Crippen LogP contribution is 2.22. The maximum atomic E-state index is 13.5. The number of nitrogens with one attached hydrogen (secondary N) is 5. The Hall–Kier alpha value is -5.75. The summed E-state index contributed by atoms with van der Waals surface area (Å²) in [7, 11) is 0. The first-order chi connectivity index (χ1) is 21.9. The molecule has 2 aromatic rings. The number of amidine groups is 1. The number of halogens is 3. The first kappa shape index (κ1) is 39.3. The molecule has 13 N–H and O–H groups in total. The van der Waals surface area contributed by atoms with E-state index in [0.717, 1.165) is 5.56 Å². The van der Waals surface area contributed by atoms with E-state index in [-0.39, 0.29) is 37.6 Å². The van der Waals surface area contributed by atoms with Crippen molar-refractivity contribution < 1.29 is 47.4 Å². The highest BCUT2D eigenvalue weighted by molar-refractivity contribution is 5.95. The number of pyridine rings is 1. The highest BCUT2D eigenvalue weighted by atomic mass is 19.4. The third-order valence-corrected chi connectivity index (χ3v) is 6.28. The molecule has 1 heterocycles. The number of aliphatic carboxylic acids is 2. The van der Waals surface area contributed by atoms with Gasteiger partial charge in [0, 0.05) is 30.9 Å². The van der Waals surface area contributed by atoms with Crippen molar-refractivity contribution in [2.24, 2.45) is 17.2 Å². The number of benzene rings is 1. The van der Waals surface area contributed by atoms with Crippen LogP contribution in [0.15, 0.2) is 48.8 Å². The molecule has 0 saturated heterocycles. The Bertz CT molecular complexity index is 1410. The van der Waals surface area contributed by atoms with E-state index in [1.54, 1.807) is 42.6 Å². The van der Waals surface area contributed by atoms with Gasteiger partial charge in [-0.25, -0.2) is 4.79 Å². The second-order valence-corrected chi connectivity index (χ2v) is 9.90. The van der Waals surface area contributed by atoms with Crippen LogP contribution in [-0.4, -0.2) is 81.5 Å². The predicted octanol–water partition coefficient (Wildman–Crippen LogP) is -0.0918. The van der Waals surface area contributed by atoms with Crippen molar-refractivity contribution in [2.45, 2.75) is 56.3 Å². The Morgan fingerprint density at radius 3 is 1.96 bits per heavy atom. The van der Waals surface area contributed by atoms with E-state index in [9.17, 15) is 37.5 Å². The first-order valence-corrected chi connectivity index (χ1v) is 13.8. The minimum atomic E-state index is -5.08. The molecule has 256 valence electrons. The Morgan fingerprint density at radius 2 is 1.49 bits per heavy atom. The molecule has 47 heavy (non-hydrogen) atoms. The van der Waals surface area contributed by atoms with Crippen molar-refractivity contribution in [3.8, 4) is 0 Å². The van der Waals surface area contributed by atoms with Crippen LogP contribution in [0.25, 0.3) is 0 Å². The summed E-state index contributed by atoms with van der Waals surface area (Å²) in [5.41, 5.74) is 18.0. The molecule has 2 rings (SSSR count). The van der Waals surface area contributed by atoms with E-state index in [4.69, 9.17) is 37.9 Å². The van der Waals surface area contributed by atoms with Gasteiger partial charge in [-0.1, -0.05) is 30.3 Å². The number of carboxylic acid groups (broad SMARTS) is 2. The number of hydrogen-bond donors (Lipinski definition) is 10. The number of nitrogen functional groups attached to an aromatic ring is 1. The SMILES string of the molecule is N=C(N)NCCCC(NC(=O)C(CCC(=O)O)NC(=O)[C@@H](Cc1ccc(C(=N)N)cc1)c1cccnc1)C(N)=O.O=C(O)C(F)(F)F. The van der Waals surface area contributed by atoms with Gasteiger partial charge in [0.05, 0.1) is 5.92 Å². The standard InChI is InChI=1S/C26H35N9O5.C2HF3O2/c27-22(28)16-7-5-15(6-8-16)13-18(17-3-1-11-32-14-17)24(39)35-20(9-10-21(36)37)25(40)34-19(23(29)38)4-2-12-33-26(30)31;3-2(4,5)1(6)7/h1,3,5-8,11,14,18-20H,2,4,9-10,12-13H2,(H3,27,28)(H2,29,38)(H,34,40)(H,35,39)(H,36,37)(H4,30,31,33);(H,6,7)/t18-,19?,20?;/m0./s1. The van der Waals surface area contributed by atoms with Gasteiger partial charge in [0.1, 0.15) is 17.9 Å². The maximum Gasteiger partial charge on any atom is 0.490 e. The molecular weight excluding hydrogens is 631 g/mol. The maximum absolute atomic E-state index is 13.5. The first-order valence-electron chi connectivity index (χ1n) is 13.8. The number of rotatable bonds is 16. The summed E-state index contributed by atoms with van der Waals surface area (Å²) in [4.78, 5) is 62.8. The van der Waals surface area contributed by atoms with E-state index >= 15 is 0 Å². The fraction of sp³-hybridized carbons (Fsp3) is 0.357. The molecule has 0 saturated carbocycles. The number of carboxylic acids is 2. The minimum absolute atomic E-state index is 0.0928. The number of primary amides is 1. The summed E-state index contributed by atoms with van der Waals surface area (Å²) >= 11 is 0. The lowest BCUT2D eigenvalue weighted by Gasteiger charge is -2.24. The number of aromatic nitrogens is 1. The lowest BCUT2D eigenvalue weighted by molar-refractivity contribution is -0.192. The average molecular weight is 668 g/mol. The molecule has 0 radical (unpaired) electrons. The molecule has 16 nitrogen and oxygen atoms in total. The summed E-state index contributed by atoms with van der Waals surface area (Å²) in [5, 5.41) is 38.8. The number of carbonyl (C=O) groups is 5. The van der Waals surface area contributed by atoms with Gasteiger partial charge in [-0.3, -0.25) is 35.0 Å². The van der Waals surface area contributed by atoms with Crippen molar-refractivity contribution in [3.63, 3.8) is 0 Å². The predicted molar refractivity (Wildman–Crippen MR) is 161 cm³/mol. The fourth-order valence-corrected chi connectivity index (χ4v) is 3.90. The van der Waals surface area contributed by atoms with E-state index in [0.29, 0.717) is 17.5 Å². The smallest absolute Gasteiger partial charge is 0.481 e. The van der Waals surface area contributed by atoms with Crippen molar-refractivity contribution in [1.82, 2.24) is 20.9 Å². The van der Waals surface area contributed by atoms with Crippen molar-refractivity contribution >= 4 is 41.5 Å². The number of nitrogens with zero attached hydrogens (tertiary/aromatic N) is 1. The summed E-state index contributed by atoms with van der Waals surface area (Å²) in [6.45, 7) is 0.272. The van der Waals surface area contributed by atoms with Crippen LogP contribution in [-0.2, 0) is 30.4 Å². The quantitative estimate of drug-likeness (QED) is 0.0641. The van der Waals surface area contributed by atoms with Crippen LogP contribution in [0.1, 0.15) is 48.3 Å². The summed E-state index contributed by atoms with van der Waals surface area (Å²) in [6.07, 6.45) is -1.93. The molecule has 1 aromatic carbocycles. The molecular formula is C28H36F3N9O7. The summed E-state index contributed by atoms with van der Waals surface area (Å²) in [5.74, 6) is -7.15. The topological polar surface area (TPSA) is 301 Å². The van der Waals surface area contributed by atoms with Crippen LogP contribution in [0.3, 0.4) is 0 Å². The number of amides is 3. The second-order valence-electron chi connectivity index (χ2n) is 9.90. The monoisotopic (exact) mass is 667 g/mol. The van der Waals surface area contributed by atoms with Gasteiger partial charge in [0.25, 0.3) is 0 Å². The lowest BCUT2D eigenvalue weighted by Crippen LogP contribution is -2.53. The zero-order chi connectivity index (χ0) is 35.7. The zero-order valence-corrected chi connectivity index (χ0v) is 24.8.